The van der Waals surface area contributed by atoms with Crippen LogP contribution in [0.2, 0.25) is 0 Å². The van der Waals surface area contributed by atoms with Crippen molar-refractivity contribution in [2.45, 2.75) is 37.8 Å². The summed E-state index contributed by atoms with van der Waals surface area (Å²) < 4.78 is 12.0. The first-order valence-electron chi connectivity index (χ1n) is 14.3. The lowest BCUT2D eigenvalue weighted by molar-refractivity contribution is -0.164. The summed E-state index contributed by atoms with van der Waals surface area (Å²) in [4.78, 5) is 16.0. The van der Waals surface area contributed by atoms with Crippen LogP contribution in [-0.4, -0.2) is 55.4 Å². The summed E-state index contributed by atoms with van der Waals surface area (Å²) in [5, 5.41) is 15.3. The number of piperidine rings is 2. The summed E-state index contributed by atoms with van der Waals surface area (Å²) in [6.07, 6.45) is 4.10. The number of carbonyl (C=O) groups is 1. The number of halogens is 1. The molecule has 0 radical (unpaired) electrons. The Kier molecular flexibility index (Phi) is 13.0. The van der Waals surface area contributed by atoms with Crippen LogP contribution in [0, 0.1) is 11.8 Å². The van der Waals surface area contributed by atoms with Gasteiger partial charge in [0.1, 0.15) is 5.75 Å². The van der Waals surface area contributed by atoms with Crippen LogP contribution in [0.15, 0.2) is 84.9 Å². The standard InChI is InChI=1S/C33H40N2O4.ClH.H2S/c36-32(39-25-28-16-20-35(21-17-28)23-26-8-3-1-4-9-26)33(37,29-10-5-2-6-11-29)30-12-7-13-31(22-30)38-24-27-14-18-34-19-15-27;;/h1-13,22,27-28,34,37H,14-21,23-25H2;1H;1H2/t33-;;/m0../s1. The smallest absolute Gasteiger partial charge is 0.347 e. The zero-order valence-corrected chi connectivity index (χ0v) is 25.4. The number of aliphatic hydroxyl groups is 1. The van der Waals surface area contributed by atoms with Crippen molar-refractivity contribution >= 4 is 31.9 Å². The van der Waals surface area contributed by atoms with E-state index in [0.717, 1.165) is 58.4 Å². The maximum absolute atomic E-state index is 13.6. The van der Waals surface area contributed by atoms with Gasteiger partial charge in [0.25, 0.3) is 0 Å². The van der Waals surface area contributed by atoms with E-state index in [1.165, 1.54) is 5.56 Å². The van der Waals surface area contributed by atoms with Gasteiger partial charge in [-0.15, -0.1) is 12.4 Å². The number of nitrogens with zero attached hydrogens (tertiary/aromatic N) is 1. The normalized spacial score (nSPS) is 17.9. The summed E-state index contributed by atoms with van der Waals surface area (Å²) in [7, 11) is 0. The van der Waals surface area contributed by atoms with Gasteiger partial charge in [0.2, 0.25) is 5.60 Å². The van der Waals surface area contributed by atoms with Crippen molar-refractivity contribution in [3.63, 3.8) is 0 Å². The van der Waals surface area contributed by atoms with Crippen LogP contribution in [0.4, 0.5) is 0 Å². The summed E-state index contributed by atoms with van der Waals surface area (Å²) in [6, 6.07) is 26.8. The molecule has 0 unspecified atom stereocenters. The maximum Gasteiger partial charge on any atom is 0.347 e. The Labute approximate surface area is 257 Å². The van der Waals surface area contributed by atoms with E-state index in [1.54, 1.807) is 24.3 Å². The van der Waals surface area contributed by atoms with Gasteiger partial charge in [0.15, 0.2) is 0 Å². The monoisotopic (exact) mass is 598 g/mol. The molecule has 3 aromatic carbocycles. The largest absolute Gasteiger partial charge is 0.493 e. The van der Waals surface area contributed by atoms with Crippen molar-refractivity contribution < 1.29 is 19.4 Å². The lowest BCUT2D eigenvalue weighted by Gasteiger charge is -2.33. The van der Waals surface area contributed by atoms with Gasteiger partial charge in [-0.25, -0.2) is 4.79 Å². The fraction of sp³-hybridized carbons (Fsp3) is 0.424. The predicted molar refractivity (Wildman–Crippen MR) is 170 cm³/mol. The number of carbonyl (C=O) groups excluding carboxylic acids is 1. The van der Waals surface area contributed by atoms with Crippen LogP contribution in [0.25, 0.3) is 0 Å². The zero-order valence-electron chi connectivity index (χ0n) is 23.5. The van der Waals surface area contributed by atoms with Gasteiger partial charge < -0.3 is 19.9 Å². The van der Waals surface area contributed by atoms with E-state index in [4.69, 9.17) is 9.47 Å². The minimum Gasteiger partial charge on any atom is -0.493 e. The number of hydrogen-bond acceptors (Lipinski definition) is 6. The molecule has 2 heterocycles. The molecule has 222 valence electrons. The first kappa shape index (κ1) is 33.0. The Morgan fingerprint density at radius 3 is 2.12 bits per heavy atom. The highest BCUT2D eigenvalue weighted by Crippen LogP contribution is 2.34. The van der Waals surface area contributed by atoms with E-state index < -0.39 is 11.6 Å². The van der Waals surface area contributed by atoms with Crippen LogP contribution < -0.4 is 10.1 Å². The van der Waals surface area contributed by atoms with Crippen molar-refractivity contribution in [2.24, 2.45) is 11.8 Å². The van der Waals surface area contributed by atoms with Crippen molar-refractivity contribution in [3.8, 4) is 5.75 Å². The van der Waals surface area contributed by atoms with Gasteiger partial charge in [-0.2, -0.15) is 13.5 Å². The Morgan fingerprint density at radius 2 is 1.44 bits per heavy atom. The van der Waals surface area contributed by atoms with E-state index in [9.17, 15) is 9.90 Å². The predicted octanol–water partition coefficient (Wildman–Crippen LogP) is 5.29. The van der Waals surface area contributed by atoms with E-state index in [-0.39, 0.29) is 31.8 Å². The number of hydrogen-bond donors (Lipinski definition) is 2. The second-order valence-electron chi connectivity index (χ2n) is 10.9. The first-order valence-corrected chi connectivity index (χ1v) is 14.3. The van der Waals surface area contributed by atoms with Crippen molar-refractivity contribution in [2.75, 3.05) is 39.4 Å². The number of rotatable bonds is 10. The molecule has 6 nitrogen and oxygen atoms in total. The molecule has 5 rings (SSSR count). The van der Waals surface area contributed by atoms with E-state index >= 15 is 0 Å². The third kappa shape index (κ3) is 8.72. The Balaban J connectivity index is 0.00000231. The molecule has 0 aliphatic carbocycles. The molecule has 2 saturated heterocycles. The maximum atomic E-state index is 13.6. The molecule has 0 aromatic heterocycles. The quantitative estimate of drug-likeness (QED) is 0.309. The van der Waals surface area contributed by atoms with Gasteiger partial charge in [-0.05, 0) is 87.0 Å². The number of nitrogens with one attached hydrogen (secondary N) is 1. The highest BCUT2D eigenvalue weighted by Gasteiger charge is 2.42. The number of likely N-dealkylation sites (tertiary alicyclic amines) is 1. The fourth-order valence-corrected chi connectivity index (χ4v) is 5.61. The Hall–Kier alpha value is -2.55. The number of ether oxygens (including phenoxy) is 2. The second-order valence-corrected chi connectivity index (χ2v) is 10.9. The Morgan fingerprint density at radius 1 is 0.829 bits per heavy atom. The average molecular weight is 599 g/mol. The molecule has 0 saturated carbocycles. The highest BCUT2D eigenvalue weighted by atomic mass is 35.5. The minimum atomic E-state index is -1.91. The van der Waals surface area contributed by atoms with Gasteiger partial charge in [-0.1, -0.05) is 72.8 Å². The molecule has 2 aliphatic heterocycles. The van der Waals surface area contributed by atoms with Crippen LogP contribution >= 0.6 is 25.9 Å². The van der Waals surface area contributed by atoms with Crippen molar-refractivity contribution in [3.05, 3.63) is 102 Å². The molecular formula is C33H43ClN2O4S. The number of esters is 1. The molecule has 0 bridgehead atoms. The van der Waals surface area contributed by atoms with Crippen LogP contribution in [0.5, 0.6) is 5.75 Å². The molecule has 41 heavy (non-hydrogen) atoms. The topological polar surface area (TPSA) is 71.0 Å². The highest BCUT2D eigenvalue weighted by molar-refractivity contribution is 7.59. The lowest BCUT2D eigenvalue weighted by Crippen LogP contribution is -2.40. The summed E-state index contributed by atoms with van der Waals surface area (Å²) >= 11 is 0. The third-order valence-corrected chi connectivity index (χ3v) is 8.09. The van der Waals surface area contributed by atoms with E-state index in [0.29, 0.717) is 36.0 Å². The van der Waals surface area contributed by atoms with E-state index in [1.807, 2.05) is 36.4 Å². The van der Waals surface area contributed by atoms with Crippen LogP contribution in [-0.2, 0) is 21.7 Å². The third-order valence-electron chi connectivity index (χ3n) is 8.09. The van der Waals surface area contributed by atoms with Gasteiger partial charge in [-0.3, -0.25) is 4.90 Å². The van der Waals surface area contributed by atoms with Crippen LogP contribution in [0.3, 0.4) is 0 Å². The van der Waals surface area contributed by atoms with Crippen molar-refractivity contribution in [1.82, 2.24) is 10.2 Å². The molecule has 1 atom stereocenters. The molecule has 0 spiro atoms. The molecular weight excluding hydrogens is 556 g/mol. The first-order chi connectivity index (χ1) is 19.1. The molecule has 2 aliphatic rings. The van der Waals surface area contributed by atoms with Crippen molar-refractivity contribution in [1.29, 1.82) is 0 Å². The SMILES string of the molecule is Cl.O=C(OCC1CCN(Cc2ccccc2)CC1)[C@](O)(c1ccccc1)c1cccc(OCC2CCNCC2)c1.S. The average Bonchev–Trinajstić information content (AvgIpc) is 3.01. The van der Waals surface area contributed by atoms with Gasteiger partial charge in [0, 0.05) is 12.1 Å². The second kappa shape index (κ2) is 16.2. The summed E-state index contributed by atoms with van der Waals surface area (Å²) in [5.41, 5.74) is 0.350. The number of benzene rings is 3. The summed E-state index contributed by atoms with van der Waals surface area (Å²) in [6.45, 7) is 5.84. The molecule has 8 heteroatoms. The molecule has 2 N–H and O–H groups in total. The summed E-state index contributed by atoms with van der Waals surface area (Å²) in [5.74, 6) is 0.794. The Bertz CT molecular complexity index is 1190. The minimum absolute atomic E-state index is 0. The molecule has 2 fully saturated rings. The molecule has 0 amide bonds. The van der Waals surface area contributed by atoms with Crippen LogP contribution in [0.1, 0.15) is 42.4 Å². The van der Waals surface area contributed by atoms with E-state index in [2.05, 4.69) is 34.5 Å². The van der Waals surface area contributed by atoms with Gasteiger partial charge >= 0.3 is 5.97 Å². The van der Waals surface area contributed by atoms with Gasteiger partial charge in [0.05, 0.1) is 13.2 Å². The fourth-order valence-electron chi connectivity index (χ4n) is 5.61. The molecule has 3 aromatic rings. The zero-order chi connectivity index (χ0) is 26.9. The lowest BCUT2D eigenvalue weighted by atomic mass is 9.86.